The van der Waals surface area contributed by atoms with E-state index in [4.69, 9.17) is 0 Å². The minimum absolute atomic E-state index is 0.243. The number of H-pyrrole nitrogens is 1. The predicted molar refractivity (Wildman–Crippen MR) is 82.1 cm³/mol. The standard InChI is InChI=1S/C16H15N3O/c1-11-5-2-3-6-13(11)18-16(20)19-15-8-4-7-14-12(15)9-10-17-14/h2-10,17H,1H3,(H2,18,19,20). The number of aromatic amines is 1. The summed E-state index contributed by atoms with van der Waals surface area (Å²) in [7, 11) is 0. The van der Waals surface area contributed by atoms with Crippen molar-refractivity contribution in [2.45, 2.75) is 6.92 Å². The molecule has 0 bridgehead atoms. The van der Waals surface area contributed by atoms with Gasteiger partial charge in [-0.3, -0.25) is 0 Å². The Hall–Kier alpha value is -2.75. The number of anilines is 2. The summed E-state index contributed by atoms with van der Waals surface area (Å²) in [5.41, 5.74) is 3.63. The molecular weight excluding hydrogens is 250 g/mol. The number of para-hydroxylation sites is 1. The smallest absolute Gasteiger partial charge is 0.323 e. The average Bonchev–Trinajstić information content (AvgIpc) is 2.91. The summed E-state index contributed by atoms with van der Waals surface area (Å²) in [5.74, 6) is 0. The summed E-state index contributed by atoms with van der Waals surface area (Å²) >= 11 is 0. The minimum Gasteiger partial charge on any atom is -0.361 e. The summed E-state index contributed by atoms with van der Waals surface area (Å²) in [6.07, 6.45) is 1.86. The molecule has 0 radical (unpaired) electrons. The van der Waals surface area contributed by atoms with Crippen LogP contribution in [0.2, 0.25) is 0 Å². The van der Waals surface area contributed by atoms with Crippen molar-refractivity contribution in [2.75, 3.05) is 10.6 Å². The third-order valence-electron chi connectivity index (χ3n) is 3.24. The fraction of sp³-hybridized carbons (Fsp3) is 0.0625. The Morgan fingerprint density at radius 3 is 2.55 bits per heavy atom. The molecule has 1 aromatic heterocycles. The zero-order valence-corrected chi connectivity index (χ0v) is 11.1. The summed E-state index contributed by atoms with van der Waals surface area (Å²) in [6, 6.07) is 15.1. The Morgan fingerprint density at radius 1 is 0.950 bits per heavy atom. The van der Waals surface area contributed by atoms with Gasteiger partial charge in [0.1, 0.15) is 0 Å². The molecule has 0 spiro atoms. The Morgan fingerprint density at radius 2 is 1.70 bits per heavy atom. The zero-order valence-electron chi connectivity index (χ0n) is 11.1. The quantitative estimate of drug-likeness (QED) is 0.641. The van der Waals surface area contributed by atoms with Gasteiger partial charge in [-0.1, -0.05) is 24.3 Å². The molecule has 1 heterocycles. The summed E-state index contributed by atoms with van der Waals surface area (Å²) < 4.78 is 0. The lowest BCUT2D eigenvalue weighted by Crippen LogP contribution is -2.20. The number of aryl methyl sites for hydroxylation is 1. The molecule has 0 fully saturated rings. The molecule has 4 heteroatoms. The molecule has 0 unspecified atom stereocenters. The van der Waals surface area contributed by atoms with Crippen molar-refractivity contribution < 1.29 is 4.79 Å². The highest BCUT2D eigenvalue weighted by molar-refractivity contribution is 6.05. The van der Waals surface area contributed by atoms with E-state index >= 15 is 0 Å². The van der Waals surface area contributed by atoms with E-state index in [1.807, 2.05) is 61.7 Å². The summed E-state index contributed by atoms with van der Waals surface area (Å²) in [6.45, 7) is 1.96. The van der Waals surface area contributed by atoms with Crippen molar-refractivity contribution in [3.63, 3.8) is 0 Å². The second-order valence-corrected chi connectivity index (χ2v) is 4.64. The van der Waals surface area contributed by atoms with Crippen molar-refractivity contribution in [1.29, 1.82) is 0 Å². The SMILES string of the molecule is Cc1ccccc1NC(=O)Nc1cccc2[nH]ccc12. The second kappa shape index (κ2) is 5.09. The first kappa shape index (κ1) is 12.3. The molecule has 0 saturated heterocycles. The first-order valence-corrected chi connectivity index (χ1v) is 6.44. The maximum Gasteiger partial charge on any atom is 0.323 e. The maximum atomic E-state index is 12.1. The van der Waals surface area contributed by atoms with E-state index in [1.165, 1.54) is 0 Å². The van der Waals surface area contributed by atoms with Gasteiger partial charge in [0.05, 0.1) is 5.69 Å². The van der Waals surface area contributed by atoms with Gasteiger partial charge >= 0.3 is 6.03 Å². The van der Waals surface area contributed by atoms with Crippen LogP contribution in [0.4, 0.5) is 16.2 Å². The highest BCUT2D eigenvalue weighted by atomic mass is 16.2. The fourth-order valence-corrected chi connectivity index (χ4v) is 2.18. The highest BCUT2D eigenvalue weighted by Crippen LogP contribution is 2.22. The van der Waals surface area contributed by atoms with Gasteiger partial charge in [-0.25, -0.2) is 4.79 Å². The van der Waals surface area contributed by atoms with E-state index in [1.54, 1.807) is 0 Å². The molecule has 3 rings (SSSR count). The number of hydrogen-bond donors (Lipinski definition) is 3. The zero-order chi connectivity index (χ0) is 13.9. The van der Waals surface area contributed by atoms with E-state index in [9.17, 15) is 4.79 Å². The number of rotatable bonds is 2. The van der Waals surface area contributed by atoms with Crippen molar-refractivity contribution in [3.05, 3.63) is 60.3 Å². The largest absolute Gasteiger partial charge is 0.361 e. The lowest BCUT2D eigenvalue weighted by atomic mass is 10.2. The van der Waals surface area contributed by atoms with Crippen LogP contribution in [0.15, 0.2) is 54.7 Å². The van der Waals surface area contributed by atoms with Gasteiger partial charge in [0.2, 0.25) is 0 Å². The molecule has 0 atom stereocenters. The van der Waals surface area contributed by atoms with E-state index in [0.717, 1.165) is 27.8 Å². The molecule has 2 aromatic carbocycles. The maximum absolute atomic E-state index is 12.1. The Kier molecular flexibility index (Phi) is 3.13. The van der Waals surface area contributed by atoms with Crippen LogP contribution in [-0.2, 0) is 0 Å². The van der Waals surface area contributed by atoms with Gasteiger partial charge in [0.25, 0.3) is 0 Å². The Balaban J connectivity index is 1.80. The van der Waals surface area contributed by atoms with Crippen molar-refractivity contribution in [1.82, 2.24) is 4.98 Å². The Bertz CT molecular complexity index is 761. The van der Waals surface area contributed by atoms with Gasteiger partial charge in [-0.05, 0) is 36.8 Å². The number of amides is 2. The lowest BCUT2D eigenvalue weighted by Gasteiger charge is -2.10. The number of fused-ring (bicyclic) bond motifs is 1. The number of carbonyl (C=O) groups excluding carboxylic acids is 1. The van der Waals surface area contributed by atoms with Gasteiger partial charge < -0.3 is 15.6 Å². The van der Waals surface area contributed by atoms with Crippen LogP contribution in [0.5, 0.6) is 0 Å². The van der Waals surface area contributed by atoms with Crippen LogP contribution >= 0.6 is 0 Å². The van der Waals surface area contributed by atoms with E-state index < -0.39 is 0 Å². The van der Waals surface area contributed by atoms with Crippen LogP contribution in [-0.4, -0.2) is 11.0 Å². The molecule has 3 N–H and O–H groups in total. The highest BCUT2D eigenvalue weighted by Gasteiger charge is 2.07. The summed E-state index contributed by atoms with van der Waals surface area (Å²) in [4.78, 5) is 15.2. The number of hydrogen-bond acceptors (Lipinski definition) is 1. The van der Waals surface area contributed by atoms with Crippen LogP contribution in [0.25, 0.3) is 10.9 Å². The third kappa shape index (κ3) is 2.36. The topological polar surface area (TPSA) is 56.9 Å². The number of nitrogens with one attached hydrogen (secondary N) is 3. The molecule has 0 aliphatic rings. The van der Waals surface area contributed by atoms with Crippen LogP contribution < -0.4 is 10.6 Å². The first-order valence-electron chi connectivity index (χ1n) is 6.44. The normalized spacial score (nSPS) is 10.4. The van der Waals surface area contributed by atoms with E-state index in [2.05, 4.69) is 15.6 Å². The lowest BCUT2D eigenvalue weighted by molar-refractivity contribution is 0.262. The number of benzene rings is 2. The fourth-order valence-electron chi connectivity index (χ4n) is 2.18. The number of aromatic nitrogens is 1. The molecular formula is C16H15N3O. The molecule has 0 saturated carbocycles. The Labute approximate surface area is 116 Å². The average molecular weight is 265 g/mol. The van der Waals surface area contributed by atoms with Crippen LogP contribution in [0.1, 0.15) is 5.56 Å². The third-order valence-corrected chi connectivity index (χ3v) is 3.24. The first-order chi connectivity index (χ1) is 9.74. The van der Waals surface area contributed by atoms with Crippen LogP contribution in [0.3, 0.4) is 0 Å². The number of carbonyl (C=O) groups is 1. The predicted octanol–water partition coefficient (Wildman–Crippen LogP) is 4.12. The second-order valence-electron chi connectivity index (χ2n) is 4.64. The molecule has 2 amide bonds. The van der Waals surface area contributed by atoms with Gasteiger partial charge in [-0.2, -0.15) is 0 Å². The molecule has 0 aliphatic carbocycles. The van der Waals surface area contributed by atoms with Gasteiger partial charge in [0, 0.05) is 22.8 Å². The molecule has 20 heavy (non-hydrogen) atoms. The van der Waals surface area contributed by atoms with Crippen molar-refractivity contribution >= 4 is 28.3 Å². The van der Waals surface area contributed by atoms with Gasteiger partial charge in [0.15, 0.2) is 0 Å². The molecule has 0 aliphatic heterocycles. The van der Waals surface area contributed by atoms with Crippen LogP contribution in [0, 0.1) is 6.92 Å². The van der Waals surface area contributed by atoms with E-state index in [0.29, 0.717) is 0 Å². The van der Waals surface area contributed by atoms with Crippen molar-refractivity contribution in [2.24, 2.45) is 0 Å². The molecule has 100 valence electrons. The molecule has 3 aromatic rings. The molecule has 4 nitrogen and oxygen atoms in total. The monoisotopic (exact) mass is 265 g/mol. The van der Waals surface area contributed by atoms with Crippen molar-refractivity contribution in [3.8, 4) is 0 Å². The summed E-state index contributed by atoms with van der Waals surface area (Å²) in [5, 5.41) is 6.72. The van der Waals surface area contributed by atoms with E-state index in [-0.39, 0.29) is 6.03 Å². The number of urea groups is 1. The van der Waals surface area contributed by atoms with Gasteiger partial charge in [-0.15, -0.1) is 0 Å². The minimum atomic E-state index is -0.243.